The van der Waals surface area contributed by atoms with Crippen LogP contribution in [0.5, 0.6) is 0 Å². The van der Waals surface area contributed by atoms with E-state index in [1.807, 2.05) is 12.1 Å². The SMILES string of the molecule is N#Cc1cc(CBr)cc2cn[nH]c12. The van der Waals surface area contributed by atoms with Crippen molar-refractivity contribution >= 4 is 26.8 Å². The predicted molar refractivity (Wildman–Crippen MR) is 53.4 cm³/mol. The Hall–Kier alpha value is -1.34. The van der Waals surface area contributed by atoms with Crippen molar-refractivity contribution in [1.29, 1.82) is 5.26 Å². The van der Waals surface area contributed by atoms with Crippen LogP contribution in [0.25, 0.3) is 10.9 Å². The third kappa shape index (κ3) is 1.31. The molecule has 0 amide bonds. The van der Waals surface area contributed by atoms with Crippen LogP contribution in [0.15, 0.2) is 18.3 Å². The fourth-order valence-electron chi connectivity index (χ4n) is 1.28. The van der Waals surface area contributed by atoms with Crippen molar-refractivity contribution in [2.24, 2.45) is 0 Å². The van der Waals surface area contributed by atoms with Crippen LogP contribution in [0.4, 0.5) is 0 Å². The van der Waals surface area contributed by atoms with Crippen molar-refractivity contribution in [3.8, 4) is 6.07 Å². The molecule has 0 atom stereocenters. The fraction of sp³-hybridized carbons (Fsp3) is 0.111. The van der Waals surface area contributed by atoms with Crippen molar-refractivity contribution in [3.05, 3.63) is 29.5 Å². The molecule has 13 heavy (non-hydrogen) atoms. The second-order valence-corrected chi connectivity index (χ2v) is 3.28. The summed E-state index contributed by atoms with van der Waals surface area (Å²) in [5, 5.41) is 17.3. The lowest BCUT2D eigenvalue weighted by Gasteiger charge is -1.97. The Labute approximate surface area is 83.5 Å². The molecule has 0 radical (unpaired) electrons. The normalized spacial score (nSPS) is 10.2. The number of rotatable bonds is 1. The monoisotopic (exact) mass is 235 g/mol. The van der Waals surface area contributed by atoms with E-state index < -0.39 is 0 Å². The van der Waals surface area contributed by atoms with E-state index in [4.69, 9.17) is 5.26 Å². The summed E-state index contributed by atoms with van der Waals surface area (Å²) in [7, 11) is 0. The van der Waals surface area contributed by atoms with Gasteiger partial charge in [-0.25, -0.2) is 0 Å². The maximum absolute atomic E-state index is 8.86. The van der Waals surface area contributed by atoms with E-state index in [-0.39, 0.29) is 0 Å². The number of nitriles is 1. The van der Waals surface area contributed by atoms with E-state index in [0.29, 0.717) is 5.56 Å². The number of fused-ring (bicyclic) bond motifs is 1. The van der Waals surface area contributed by atoms with E-state index in [1.54, 1.807) is 6.20 Å². The summed E-state index contributed by atoms with van der Waals surface area (Å²) in [6, 6.07) is 6.00. The summed E-state index contributed by atoms with van der Waals surface area (Å²) in [4.78, 5) is 0. The van der Waals surface area contributed by atoms with E-state index in [9.17, 15) is 0 Å². The average molecular weight is 236 g/mol. The Morgan fingerprint density at radius 1 is 1.54 bits per heavy atom. The molecule has 0 spiro atoms. The molecule has 1 aromatic heterocycles. The van der Waals surface area contributed by atoms with Gasteiger partial charge in [0.15, 0.2) is 0 Å². The van der Waals surface area contributed by atoms with Gasteiger partial charge in [-0.05, 0) is 17.7 Å². The van der Waals surface area contributed by atoms with Crippen molar-refractivity contribution in [1.82, 2.24) is 10.2 Å². The molecule has 3 nitrogen and oxygen atoms in total. The Kier molecular flexibility index (Phi) is 2.03. The Morgan fingerprint density at radius 2 is 2.38 bits per heavy atom. The molecule has 1 heterocycles. The number of alkyl halides is 1. The van der Waals surface area contributed by atoms with Crippen LogP contribution in [0.1, 0.15) is 11.1 Å². The molecule has 2 aromatic rings. The van der Waals surface area contributed by atoms with Gasteiger partial charge in [0.05, 0.1) is 17.3 Å². The molecule has 4 heteroatoms. The number of nitrogens with zero attached hydrogens (tertiary/aromatic N) is 2. The third-order valence-electron chi connectivity index (χ3n) is 1.88. The molecule has 1 N–H and O–H groups in total. The molecule has 1 aromatic carbocycles. The topological polar surface area (TPSA) is 52.5 Å². The summed E-state index contributed by atoms with van der Waals surface area (Å²) in [6.07, 6.45) is 1.72. The molecule has 0 aliphatic rings. The number of hydrogen-bond donors (Lipinski definition) is 1. The first-order chi connectivity index (χ1) is 6.35. The summed E-state index contributed by atoms with van der Waals surface area (Å²) in [5.74, 6) is 0. The maximum atomic E-state index is 8.86. The van der Waals surface area contributed by atoms with Crippen LogP contribution in [0, 0.1) is 11.3 Å². The minimum atomic E-state index is 0.643. The smallest absolute Gasteiger partial charge is 0.101 e. The van der Waals surface area contributed by atoms with Crippen LogP contribution >= 0.6 is 15.9 Å². The van der Waals surface area contributed by atoms with Crippen LogP contribution in [0.3, 0.4) is 0 Å². The molecule has 0 unspecified atom stereocenters. The average Bonchev–Trinajstić information content (AvgIpc) is 2.63. The maximum Gasteiger partial charge on any atom is 0.101 e. The lowest BCUT2D eigenvalue weighted by atomic mass is 10.1. The number of aromatic amines is 1. The standard InChI is InChI=1S/C9H6BrN3/c10-3-6-1-7(4-11)9-8(2-6)5-12-13-9/h1-2,5H,3H2,(H,12,13). The van der Waals surface area contributed by atoms with Gasteiger partial charge in [-0.3, -0.25) is 5.10 Å². The van der Waals surface area contributed by atoms with Crippen molar-refractivity contribution < 1.29 is 0 Å². The lowest BCUT2D eigenvalue weighted by molar-refractivity contribution is 1.12. The van der Waals surface area contributed by atoms with Crippen LogP contribution in [-0.2, 0) is 5.33 Å². The van der Waals surface area contributed by atoms with Gasteiger partial charge < -0.3 is 0 Å². The molecule has 0 aliphatic carbocycles. The number of aromatic nitrogens is 2. The van der Waals surface area contributed by atoms with Crippen LogP contribution in [0.2, 0.25) is 0 Å². The summed E-state index contributed by atoms with van der Waals surface area (Å²) in [5.41, 5.74) is 2.54. The number of nitrogens with one attached hydrogen (secondary N) is 1. The molecule has 0 bridgehead atoms. The lowest BCUT2D eigenvalue weighted by Crippen LogP contribution is -1.83. The minimum Gasteiger partial charge on any atom is -0.276 e. The van der Waals surface area contributed by atoms with E-state index in [1.165, 1.54) is 0 Å². The minimum absolute atomic E-state index is 0.643. The highest BCUT2D eigenvalue weighted by molar-refractivity contribution is 9.08. The van der Waals surface area contributed by atoms with Gasteiger partial charge in [-0.15, -0.1) is 0 Å². The van der Waals surface area contributed by atoms with E-state index >= 15 is 0 Å². The van der Waals surface area contributed by atoms with Gasteiger partial charge in [-0.2, -0.15) is 10.4 Å². The van der Waals surface area contributed by atoms with Crippen LogP contribution < -0.4 is 0 Å². The van der Waals surface area contributed by atoms with E-state index in [2.05, 4.69) is 32.2 Å². The van der Waals surface area contributed by atoms with Gasteiger partial charge in [-0.1, -0.05) is 15.9 Å². The highest BCUT2D eigenvalue weighted by atomic mass is 79.9. The number of H-pyrrole nitrogens is 1. The fourth-order valence-corrected chi connectivity index (χ4v) is 1.61. The highest BCUT2D eigenvalue weighted by Crippen LogP contribution is 2.19. The number of benzene rings is 1. The second-order valence-electron chi connectivity index (χ2n) is 2.72. The van der Waals surface area contributed by atoms with E-state index in [0.717, 1.165) is 21.8 Å². The molecule has 0 aliphatic heterocycles. The van der Waals surface area contributed by atoms with Gasteiger partial charge in [0.2, 0.25) is 0 Å². The summed E-state index contributed by atoms with van der Waals surface area (Å²) in [6.45, 7) is 0. The van der Waals surface area contributed by atoms with Crippen molar-refractivity contribution in [3.63, 3.8) is 0 Å². The largest absolute Gasteiger partial charge is 0.276 e. The molecule has 2 rings (SSSR count). The van der Waals surface area contributed by atoms with Gasteiger partial charge in [0, 0.05) is 10.7 Å². The molecule has 64 valence electrons. The summed E-state index contributed by atoms with van der Waals surface area (Å²) >= 11 is 3.35. The quantitative estimate of drug-likeness (QED) is 0.772. The zero-order chi connectivity index (χ0) is 9.26. The van der Waals surface area contributed by atoms with Gasteiger partial charge in [0.1, 0.15) is 6.07 Å². The molecular formula is C9H6BrN3. The molecular weight excluding hydrogens is 230 g/mol. The summed E-state index contributed by atoms with van der Waals surface area (Å²) < 4.78 is 0. The van der Waals surface area contributed by atoms with Crippen molar-refractivity contribution in [2.45, 2.75) is 5.33 Å². The first-order valence-corrected chi connectivity index (χ1v) is 4.89. The van der Waals surface area contributed by atoms with Gasteiger partial charge >= 0.3 is 0 Å². The first kappa shape index (κ1) is 8.27. The zero-order valence-corrected chi connectivity index (χ0v) is 8.30. The predicted octanol–water partition coefficient (Wildman–Crippen LogP) is 2.33. The number of hydrogen-bond acceptors (Lipinski definition) is 2. The Balaban J connectivity index is 2.79. The molecule has 0 saturated carbocycles. The number of halogens is 1. The Morgan fingerprint density at radius 3 is 3.08 bits per heavy atom. The first-order valence-electron chi connectivity index (χ1n) is 3.77. The highest BCUT2D eigenvalue weighted by Gasteiger charge is 2.04. The van der Waals surface area contributed by atoms with Crippen LogP contribution in [-0.4, -0.2) is 10.2 Å². The molecule has 0 fully saturated rings. The Bertz CT molecular complexity index is 481. The third-order valence-corrected chi connectivity index (χ3v) is 2.53. The zero-order valence-electron chi connectivity index (χ0n) is 6.71. The second kappa shape index (κ2) is 3.19. The molecule has 0 saturated heterocycles. The van der Waals surface area contributed by atoms with Crippen molar-refractivity contribution in [2.75, 3.05) is 0 Å². The van der Waals surface area contributed by atoms with Gasteiger partial charge in [0.25, 0.3) is 0 Å².